The van der Waals surface area contributed by atoms with Gasteiger partial charge in [-0.05, 0) is 38.9 Å². The smallest absolute Gasteiger partial charge is 0.122 e. The number of aromatic nitrogens is 1. The van der Waals surface area contributed by atoms with Crippen LogP contribution in [0, 0.1) is 0 Å². The van der Waals surface area contributed by atoms with E-state index in [1.165, 1.54) is 19.4 Å². The van der Waals surface area contributed by atoms with E-state index in [0.29, 0.717) is 12.6 Å². The van der Waals surface area contributed by atoms with Crippen LogP contribution in [0.5, 0.6) is 5.75 Å². The SMILES string of the molecule is CN1CCCC1CCOc1ccnc(CN)c1. The Bertz CT molecular complexity index is 356. The van der Waals surface area contributed by atoms with Crippen LogP contribution in [-0.4, -0.2) is 36.1 Å². The van der Waals surface area contributed by atoms with E-state index in [1.807, 2.05) is 12.1 Å². The van der Waals surface area contributed by atoms with E-state index in [2.05, 4.69) is 16.9 Å². The minimum absolute atomic E-state index is 0.461. The van der Waals surface area contributed by atoms with Crippen molar-refractivity contribution in [1.82, 2.24) is 9.88 Å². The van der Waals surface area contributed by atoms with E-state index >= 15 is 0 Å². The first-order chi connectivity index (χ1) is 8.29. The minimum Gasteiger partial charge on any atom is -0.493 e. The molecule has 2 N–H and O–H groups in total. The standard InChI is InChI=1S/C13H21N3O/c1-16-7-2-3-12(16)5-8-17-13-4-6-15-11(9-13)10-14/h4,6,9,12H,2-3,5,7-8,10,14H2,1H3. The van der Waals surface area contributed by atoms with Crippen molar-refractivity contribution in [3.05, 3.63) is 24.0 Å². The molecule has 0 radical (unpaired) electrons. The second kappa shape index (κ2) is 5.98. The van der Waals surface area contributed by atoms with E-state index < -0.39 is 0 Å². The average Bonchev–Trinajstić information content (AvgIpc) is 2.76. The van der Waals surface area contributed by atoms with Crippen LogP contribution < -0.4 is 10.5 Å². The van der Waals surface area contributed by atoms with Gasteiger partial charge in [-0.25, -0.2) is 0 Å². The summed E-state index contributed by atoms with van der Waals surface area (Å²) in [6.07, 6.45) is 5.45. The Morgan fingerprint density at radius 2 is 2.47 bits per heavy atom. The van der Waals surface area contributed by atoms with Gasteiger partial charge in [0.1, 0.15) is 5.75 Å². The molecule has 0 spiro atoms. The number of pyridine rings is 1. The molecule has 0 saturated carbocycles. The van der Waals surface area contributed by atoms with Crippen LogP contribution >= 0.6 is 0 Å². The second-order valence-corrected chi connectivity index (χ2v) is 4.60. The molecule has 2 rings (SSSR count). The lowest BCUT2D eigenvalue weighted by Gasteiger charge is -2.19. The number of rotatable bonds is 5. The van der Waals surface area contributed by atoms with Gasteiger partial charge in [0.05, 0.1) is 12.3 Å². The molecule has 1 aliphatic rings. The molecule has 1 fully saturated rings. The quantitative estimate of drug-likeness (QED) is 0.838. The molecule has 1 aromatic rings. The van der Waals surface area contributed by atoms with Crippen LogP contribution in [0.3, 0.4) is 0 Å². The van der Waals surface area contributed by atoms with Crippen LogP contribution in [0.1, 0.15) is 25.0 Å². The molecule has 2 heterocycles. The highest BCUT2D eigenvalue weighted by molar-refractivity contribution is 5.22. The highest BCUT2D eigenvalue weighted by Gasteiger charge is 2.20. The van der Waals surface area contributed by atoms with Gasteiger partial charge in [-0.3, -0.25) is 4.98 Å². The molecule has 4 nitrogen and oxygen atoms in total. The zero-order chi connectivity index (χ0) is 12.1. The Labute approximate surface area is 103 Å². The van der Waals surface area contributed by atoms with Gasteiger partial charge in [-0.1, -0.05) is 0 Å². The Morgan fingerprint density at radius 1 is 1.59 bits per heavy atom. The van der Waals surface area contributed by atoms with Gasteiger partial charge in [0.15, 0.2) is 0 Å². The molecule has 1 unspecified atom stereocenters. The van der Waals surface area contributed by atoms with Crippen molar-refractivity contribution in [1.29, 1.82) is 0 Å². The van der Waals surface area contributed by atoms with Crippen LogP contribution in [-0.2, 0) is 6.54 Å². The molecule has 94 valence electrons. The van der Waals surface area contributed by atoms with Gasteiger partial charge < -0.3 is 15.4 Å². The fraction of sp³-hybridized carbons (Fsp3) is 0.615. The number of ether oxygens (including phenoxy) is 1. The lowest BCUT2D eigenvalue weighted by Crippen LogP contribution is -2.26. The van der Waals surface area contributed by atoms with E-state index in [0.717, 1.165) is 24.5 Å². The summed E-state index contributed by atoms with van der Waals surface area (Å²) < 4.78 is 5.74. The van der Waals surface area contributed by atoms with Crippen LogP contribution in [0.2, 0.25) is 0 Å². The number of nitrogens with two attached hydrogens (primary N) is 1. The molecule has 4 heteroatoms. The fourth-order valence-corrected chi connectivity index (χ4v) is 2.31. The molecule has 0 aliphatic carbocycles. The Kier molecular flexibility index (Phi) is 4.34. The topological polar surface area (TPSA) is 51.4 Å². The van der Waals surface area contributed by atoms with Gasteiger partial charge in [-0.2, -0.15) is 0 Å². The summed E-state index contributed by atoms with van der Waals surface area (Å²) in [5.74, 6) is 0.876. The van der Waals surface area contributed by atoms with Gasteiger partial charge in [0.2, 0.25) is 0 Å². The van der Waals surface area contributed by atoms with Crippen LogP contribution in [0.15, 0.2) is 18.3 Å². The van der Waals surface area contributed by atoms with Crippen molar-refractivity contribution in [2.45, 2.75) is 31.8 Å². The Balaban J connectivity index is 1.77. The summed E-state index contributed by atoms with van der Waals surface area (Å²) in [5.41, 5.74) is 6.42. The zero-order valence-corrected chi connectivity index (χ0v) is 10.4. The first kappa shape index (κ1) is 12.3. The van der Waals surface area contributed by atoms with Crippen LogP contribution in [0.25, 0.3) is 0 Å². The third-order valence-corrected chi connectivity index (χ3v) is 3.39. The lowest BCUT2D eigenvalue weighted by molar-refractivity contribution is 0.233. The predicted molar refractivity (Wildman–Crippen MR) is 67.9 cm³/mol. The van der Waals surface area contributed by atoms with E-state index in [4.69, 9.17) is 10.5 Å². The number of nitrogens with zero attached hydrogens (tertiary/aromatic N) is 2. The van der Waals surface area contributed by atoms with Gasteiger partial charge in [-0.15, -0.1) is 0 Å². The maximum Gasteiger partial charge on any atom is 0.122 e. The van der Waals surface area contributed by atoms with Crippen molar-refractivity contribution in [3.8, 4) is 5.75 Å². The summed E-state index contributed by atoms with van der Waals surface area (Å²) in [6.45, 7) is 2.45. The van der Waals surface area contributed by atoms with Crippen molar-refractivity contribution in [2.75, 3.05) is 20.2 Å². The Morgan fingerprint density at radius 3 is 3.18 bits per heavy atom. The van der Waals surface area contributed by atoms with Crippen molar-refractivity contribution in [2.24, 2.45) is 5.73 Å². The Hall–Kier alpha value is -1.13. The normalized spacial score (nSPS) is 20.7. The molecule has 1 aromatic heterocycles. The molecular weight excluding hydrogens is 214 g/mol. The van der Waals surface area contributed by atoms with E-state index in [1.54, 1.807) is 6.20 Å². The summed E-state index contributed by atoms with van der Waals surface area (Å²) in [4.78, 5) is 6.56. The molecule has 0 amide bonds. The van der Waals surface area contributed by atoms with Crippen molar-refractivity contribution in [3.63, 3.8) is 0 Å². The minimum atomic E-state index is 0.461. The van der Waals surface area contributed by atoms with E-state index in [-0.39, 0.29) is 0 Å². The fourth-order valence-electron chi connectivity index (χ4n) is 2.31. The summed E-state index contributed by atoms with van der Waals surface area (Å²) in [7, 11) is 2.19. The predicted octanol–water partition coefficient (Wildman–Crippen LogP) is 1.40. The van der Waals surface area contributed by atoms with Crippen molar-refractivity contribution >= 4 is 0 Å². The number of hydrogen-bond acceptors (Lipinski definition) is 4. The average molecular weight is 235 g/mol. The maximum atomic E-state index is 5.74. The molecular formula is C13H21N3O. The lowest BCUT2D eigenvalue weighted by atomic mass is 10.1. The molecule has 1 atom stereocenters. The molecule has 0 bridgehead atoms. The summed E-state index contributed by atoms with van der Waals surface area (Å²) >= 11 is 0. The molecule has 1 saturated heterocycles. The monoisotopic (exact) mass is 235 g/mol. The van der Waals surface area contributed by atoms with Gasteiger partial charge >= 0.3 is 0 Å². The third-order valence-electron chi connectivity index (χ3n) is 3.39. The summed E-state index contributed by atoms with van der Waals surface area (Å²) in [5, 5.41) is 0. The van der Waals surface area contributed by atoms with Crippen molar-refractivity contribution < 1.29 is 4.74 Å². The molecule has 1 aliphatic heterocycles. The zero-order valence-electron chi connectivity index (χ0n) is 10.4. The summed E-state index contributed by atoms with van der Waals surface area (Å²) in [6, 6.07) is 4.49. The molecule has 17 heavy (non-hydrogen) atoms. The maximum absolute atomic E-state index is 5.74. The van der Waals surface area contributed by atoms with E-state index in [9.17, 15) is 0 Å². The van der Waals surface area contributed by atoms with Gasteiger partial charge in [0, 0.05) is 24.8 Å². The highest BCUT2D eigenvalue weighted by Crippen LogP contribution is 2.18. The first-order valence-electron chi connectivity index (χ1n) is 6.27. The largest absolute Gasteiger partial charge is 0.493 e. The van der Waals surface area contributed by atoms with Crippen LogP contribution in [0.4, 0.5) is 0 Å². The first-order valence-corrected chi connectivity index (χ1v) is 6.27. The second-order valence-electron chi connectivity index (χ2n) is 4.60. The number of likely N-dealkylation sites (tertiary alicyclic amines) is 1. The molecule has 0 aromatic carbocycles. The van der Waals surface area contributed by atoms with Gasteiger partial charge in [0.25, 0.3) is 0 Å². The third kappa shape index (κ3) is 3.41. The number of hydrogen-bond donors (Lipinski definition) is 1. The highest BCUT2D eigenvalue weighted by atomic mass is 16.5.